The summed E-state index contributed by atoms with van der Waals surface area (Å²) in [6, 6.07) is 9.31. The molecule has 0 amide bonds. The van der Waals surface area contributed by atoms with Gasteiger partial charge < -0.3 is 15.3 Å². The van der Waals surface area contributed by atoms with Crippen LogP contribution in [0, 0.1) is 0 Å². The summed E-state index contributed by atoms with van der Waals surface area (Å²) in [6.07, 6.45) is 1.17. The minimum absolute atomic E-state index is 0.00540. The van der Waals surface area contributed by atoms with E-state index in [1.807, 2.05) is 0 Å². The highest BCUT2D eigenvalue weighted by atomic mass is 35.5. The number of aromatic nitrogens is 1. The first-order valence-corrected chi connectivity index (χ1v) is 11.1. The van der Waals surface area contributed by atoms with E-state index < -0.39 is 23.4 Å². The Morgan fingerprint density at radius 1 is 0.914 bits per heavy atom. The maximum atomic E-state index is 11.5. The lowest BCUT2D eigenvalue weighted by Gasteiger charge is -2.30. The second kappa shape index (κ2) is 10.2. The van der Waals surface area contributed by atoms with Crippen molar-refractivity contribution in [2.24, 2.45) is 5.10 Å². The molecule has 4 rings (SSSR count). The Balaban J connectivity index is 0.000000203. The smallest absolute Gasteiger partial charge is 0.352 e. The topological polar surface area (TPSA) is 140 Å². The zero-order valence-electron chi connectivity index (χ0n) is 17.7. The third kappa shape index (κ3) is 5.43. The Morgan fingerprint density at radius 2 is 1.60 bits per heavy atom. The van der Waals surface area contributed by atoms with Gasteiger partial charge in [-0.05, 0) is 37.3 Å². The molecule has 35 heavy (non-hydrogen) atoms. The Morgan fingerprint density at radius 3 is 2.17 bits per heavy atom. The molecule has 0 radical (unpaired) electrons. The molecular weight excluding hydrogens is 544 g/mol. The van der Waals surface area contributed by atoms with Crippen LogP contribution >= 0.6 is 46.4 Å². The van der Waals surface area contributed by atoms with Crippen LogP contribution in [0.1, 0.15) is 23.7 Å². The van der Waals surface area contributed by atoms with Gasteiger partial charge in [-0.3, -0.25) is 4.98 Å². The molecular formula is C22H15Cl4N3O6. The quantitative estimate of drug-likeness (QED) is 0.369. The Bertz CT molecular complexity index is 1400. The van der Waals surface area contributed by atoms with Crippen molar-refractivity contribution in [1.29, 1.82) is 0 Å². The van der Waals surface area contributed by atoms with Crippen LogP contribution < -0.4 is 5.01 Å². The van der Waals surface area contributed by atoms with E-state index in [2.05, 4.69) is 10.1 Å². The number of pyridine rings is 1. The Hall–Kier alpha value is -3.11. The fraction of sp³-hybridized carbons (Fsp3) is 0.136. The van der Waals surface area contributed by atoms with Crippen LogP contribution in [-0.2, 0) is 9.59 Å². The van der Waals surface area contributed by atoms with E-state index in [1.165, 1.54) is 37.4 Å². The largest absolute Gasteiger partial charge is 0.479 e. The summed E-state index contributed by atoms with van der Waals surface area (Å²) in [5.74, 6) is -3.55. The van der Waals surface area contributed by atoms with Gasteiger partial charge >= 0.3 is 17.9 Å². The molecule has 1 aliphatic rings. The normalized spacial score (nSPS) is 16.9. The van der Waals surface area contributed by atoms with Crippen molar-refractivity contribution < 1.29 is 29.7 Å². The van der Waals surface area contributed by atoms with Gasteiger partial charge in [-0.25, -0.2) is 19.4 Å². The number of anilines is 1. The molecule has 0 aliphatic carbocycles. The molecule has 1 unspecified atom stereocenters. The van der Waals surface area contributed by atoms with Crippen LogP contribution in [0.15, 0.2) is 47.7 Å². The first-order valence-electron chi connectivity index (χ1n) is 9.61. The number of benzene rings is 2. The van der Waals surface area contributed by atoms with E-state index in [0.717, 1.165) is 5.01 Å². The highest BCUT2D eigenvalue weighted by Crippen LogP contribution is 2.38. The second-order valence-corrected chi connectivity index (χ2v) is 9.16. The summed E-state index contributed by atoms with van der Waals surface area (Å²) in [6.45, 7) is 1.39. The predicted molar refractivity (Wildman–Crippen MR) is 133 cm³/mol. The Labute approximate surface area is 218 Å². The molecule has 3 N–H and O–H groups in total. The van der Waals surface area contributed by atoms with E-state index in [4.69, 9.17) is 56.6 Å². The van der Waals surface area contributed by atoms with Gasteiger partial charge in [-0.2, -0.15) is 5.10 Å². The third-order valence-corrected chi connectivity index (χ3v) is 6.09. The number of carboxylic acid groups (broad SMARTS) is 3. The number of hydrogen-bond donors (Lipinski definition) is 3. The monoisotopic (exact) mass is 557 g/mol. The van der Waals surface area contributed by atoms with E-state index in [9.17, 15) is 19.5 Å². The van der Waals surface area contributed by atoms with Crippen molar-refractivity contribution in [2.45, 2.75) is 18.9 Å². The van der Waals surface area contributed by atoms with Crippen LogP contribution in [-0.4, -0.2) is 49.5 Å². The lowest BCUT2D eigenvalue weighted by molar-refractivity contribution is -0.142. The SMILES string of the molecule is CC1(C(=O)O)CC(C(=O)O)=NN1c1ccc(Cl)cc1Cl.O=C(O)c1c(Cl)ccc2cc(Cl)cnc12. The molecule has 9 nitrogen and oxygen atoms in total. The number of hydrogen-bond acceptors (Lipinski definition) is 6. The van der Waals surface area contributed by atoms with Crippen molar-refractivity contribution in [3.63, 3.8) is 0 Å². The molecule has 1 atom stereocenters. The van der Waals surface area contributed by atoms with Crippen molar-refractivity contribution in [2.75, 3.05) is 5.01 Å². The molecule has 2 heterocycles. The average molecular weight is 559 g/mol. The van der Waals surface area contributed by atoms with Crippen LogP contribution in [0.2, 0.25) is 20.1 Å². The number of aromatic carboxylic acids is 1. The van der Waals surface area contributed by atoms with Crippen LogP contribution in [0.5, 0.6) is 0 Å². The van der Waals surface area contributed by atoms with Gasteiger partial charge in [-0.15, -0.1) is 0 Å². The molecule has 0 spiro atoms. The fourth-order valence-electron chi connectivity index (χ4n) is 3.28. The minimum atomic E-state index is -1.51. The summed E-state index contributed by atoms with van der Waals surface area (Å²) in [4.78, 5) is 37.4. The van der Waals surface area contributed by atoms with Gasteiger partial charge in [0, 0.05) is 23.0 Å². The number of hydrazone groups is 1. The van der Waals surface area contributed by atoms with E-state index in [1.54, 1.807) is 12.1 Å². The lowest BCUT2D eigenvalue weighted by Crippen LogP contribution is -2.47. The Kier molecular flexibility index (Phi) is 7.76. The average Bonchev–Trinajstić information content (AvgIpc) is 3.13. The standard InChI is InChI=1S/C12H10Cl2N2O4.C10H5Cl2NO2/c1-12(11(19)20)5-8(10(17)18)15-16(12)9-3-2-6(13)4-7(9)14;11-6-3-5-1-2-7(12)8(10(14)15)9(5)13-4-6/h2-4H,5H2,1H3,(H,17,18)(H,19,20);1-4H,(H,14,15). The van der Waals surface area contributed by atoms with Crippen molar-refractivity contribution in [1.82, 2.24) is 4.98 Å². The number of carbonyl (C=O) groups is 3. The maximum absolute atomic E-state index is 11.5. The first kappa shape index (κ1) is 26.5. The molecule has 0 saturated heterocycles. The van der Waals surface area contributed by atoms with Crippen LogP contribution in [0.3, 0.4) is 0 Å². The summed E-state index contributed by atoms with van der Waals surface area (Å²) in [7, 11) is 0. The highest BCUT2D eigenvalue weighted by molar-refractivity contribution is 6.39. The van der Waals surface area contributed by atoms with E-state index in [-0.39, 0.29) is 33.4 Å². The molecule has 1 aliphatic heterocycles. The van der Waals surface area contributed by atoms with Crippen molar-refractivity contribution in [3.8, 4) is 0 Å². The van der Waals surface area contributed by atoms with Gasteiger partial charge in [0.15, 0.2) is 5.54 Å². The maximum Gasteiger partial charge on any atom is 0.352 e. The molecule has 0 fully saturated rings. The highest BCUT2D eigenvalue weighted by Gasteiger charge is 2.48. The summed E-state index contributed by atoms with van der Waals surface area (Å²) < 4.78 is 0. The molecule has 182 valence electrons. The molecule has 0 saturated carbocycles. The first-order chi connectivity index (χ1) is 16.3. The van der Waals surface area contributed by atoms with Gasteiger partial charge in [0.05, 0.1) is 26.3 Å². The zero-order valence-corrected chi connectivity index (χ0v) is 20.7. The number of halogens is 4. The van der Waals surface area contributed by atoms with E-state index >= 15 is 0 Å². The minimum Gasteiger partial charge on any atom is -0.479 e. The van der Waals surface area contributed by atoms with E-state index in [0.29, 0.717) is 20.9 Å². The van der Waals surface area contributed by atoms with Crippen LogP contribution in [0.25, 0.3) is 10.9 Å². The predicted octanol–water partition coefficient (Wildman–Crippen LogP) is 5.73. The molecule has 2 aromatic carbocycles. The van der Waals surface area contributed by atoms with Gasteiger partial charge in [0.2, 0.25) is 0 Å². The summed E-state index contributed by atoms with van der Waals surface area (Å²) in [5.41, 5.74) is -1.10. The van der Waals surface area contributed by atoms with Gasteiger partial charge in [-0.1, -0.05) is 52.5 Å². The zero-order chi connectivity index (χ0) is 26.1. The number of carboxylic acids is 3. The van der Waals surface area contributed by atoms with Crippen LogP contribution in [0.4, 0.5) is 5.69 Å². The number of nitrogens with zero attached hydrogens (tertiary/aromatic N) is 3. The third-order valence-electron chi connectivity index (χ3n) is 5.03. The van der Waals surface area contributed by atoms with Gasteiger partial charge in [0.25, 0.3) is 0 Å². The number of rotatable bonds is 4. The summed E-state index contributed by atoms with van der Waals surface area (Å²) >= 11 is 23.4. The molecule has 1 aromatic heterocycles. The number of fused-ring (bicyclic) bond motifs is 1. The second-order valence-electron chi connectivity index (χ2n) is 7.47. The van der Waals surface area contributed by atoms with Crippen molar-refractivity contribution >= 4 is 86.6 Å². The lowest BCUT2D eigenvalue weighted by atomic mass is 9.95. The van der Waals surface area contributed by atoms with Gasteiger partial charge in [0.1, 0.15) is 11.3 Å². The van der Waals surface area contributed by atoms with Crippen molar-refractivity contribution in [3.05, 3.63) is 68.2 Å². The fourth-order valence-corrected chi connectivity index (χ4v) is 4.17. The number of aliphatic carboxylic acids is 2. The summed E-state index contributed by atoms with van der Waals surface area (Å²) in [5, 5.41) is 34.2. The molecule has 3 aromatic rings. The molecule has 0 bridgehead atoms. The molecule has 13 heteroatoms.